The van der Waals surface area contributed by atoms with Crippen LogP contribution in [-0.2, 0) is 9.59 Å². The summed E-state index contributed by atoms with van der Waals surface area (Å²) < 4.78 is 5.68. The van der Waals surface area contributed by atoms with Gasteiger partial charge in [0.25, 0.3) is 0 Å². The Morgan fingerprint density at radius 2 is 1.58 bits per heavy atom. The third-order valence-corrected chi connectivity index (χ3v) is 6.46. The molecule has 0 heterocycles. The standard InChI is InChI=1S/C26H36O5/c1-6-11-31-17-9-7-16(8-10-17)22(23-18(27)12-25(2,3)13-19(23)28)24-20(29)14-26(4,5)15-21(24)30/h7-10,18,22,24,27-28H,6,11-15H2,1-5H3/t18-,22+/m1/s1. The van der Waals surface area contributed by atoms with Crippen LogP contribution in [0.3, 0.4) is 0 Å². The first kappa shape index (κ1) is 23.5. The fourth-order valence-corrected chi connectivity index (χ4v) is 5.16. The number of hydrogen-bond donors (Lipinski definition) is 2. The normalized spacial score (nSPS) is 24.9. The minimum absolute atomic E-state index is 0.102. The summed E-state index contributed by atoms with van der Waals surface area (Å²) in [4.78, 5) is 26.4. The Balaban J connectivity index is 2.07. The summed E-state index contributed by atoms with van der Waals surface area (Å²) in [5.74, 6) is -0.962. The average molecular weight is 429 g/mol. The Labute approximate surface area is 185 Å². The second kappa shape index (κ2) is 8.78. The van der Waals surface area contributed by atoms with Crippen molar-refractivity contribution in [2.45, 2.75) is 78.7 Å². The smallest absolute Gasteiger partial charge is 0.144 e. The molecule has 0 bridgehead atoms. The van der Waals surface area contributed by atoms with Crippen molar-refractivity contribution >= 4 is 11.6 Å². The van der Waals surface area contributed by atoms with Crippen molar-refractivity contribution in [3.63, 3.8) is 0 Å². The molecule has 3 rings (SSSR count). The van der Waals surface area contributed by atoms with Crippen LogP contribution in [0.15, 0.2) is 35.6 Å². The number of carbonyl (C=O) groups excluding carboxylic acids is 2. The Morgan fingerprint density at radius 3 is 2.10 bits per heavy atom. The van der Waals surface area contributed by atoms with E-state index in [0.717, 1.165) is 17.7 Å². The molecule has 170 valence electrons. The Bertz CT molecular complexity index is 842. The highest BCUT2D eigenvalue weighted by molar-refractivity contribution is 6.06. The van der Waals surface area contributed by atoms with E-state index < -0.39 is 17.9 Å². The number of ether oxygens (including phenoxy) is 1. The zero-order valence-corrected chi connectivity index (χ0v) is 19.4. The molecular weight excluding hydrogens is 392 g/mol. The maximum atomic E-state index is 13.2. The number of aliphatic hydroxyl groups excluding tert-OH is 2. The molecule has 2 N–H and O–H groups in total. The van der Waals surface area contributed by atoms with Gasteiger partial charge in [0, 0.05) is 30.8 Å². The molecule has 1 fully saturated rings. The number of carbonyl (C=O) groups is 2. The van der Waals surface area contributed by atoms with Crippen LogP contribution in [0.1, 0.15) is 78.2 Å². The van der Waals surface area contributed by atoms with E-state index in [1.165, 1.54) is 0 Å². The molecule has 1 saturated carbocycles. The number of allylic oxidation sites excluding steroid dienone is 1. The molecule has 0 unspecified atom stereocenters. The SMILES string of the molecule is CCCOc1ccc([C@@H](C2=C(O)CC(C)(C)C[C@H]2O)C2C(=O)CC(C)(C)CC2=O)cc1. The van der Waals surface area contributed by atoms with Gasteiger partial charge in [0.15, 0.2) is 0 Å². The molecule has 0 aromatic heterocycles. The number of aliphatic hydroxyl groups is 2. The summed E-state index contributed by atoms with van der Waals surface area (Å²) >= 11 is 0. The molecule has 5 heteroatoms. The van der Waals surface area contributed by atoms with E-state index in [1.54, 1.807) is 0 Å². The average Bonchev–Trinajstić information content (AvgIpc) is 2.62. The Hall–Kier alpha value is -2.14. The largest absolute Gasteiger partial charge is 0.512 e. The van der Waals surface area contributed by atoms with Gasteiger partial charge in [0.05, 0.1) is 24.4 Å². The van der Waals surface area contributed by atoms with Gasteiger partial charge in [-0.1, -0.05) is 46.8 Å². The van der Waals surface area contributed by atoms with Crippen molar-refractivity contribution in [3.05, 3.63) is 41.2 Å². The van der Waals surface area contributed by atoms with E-state index in [1.807, 2.05) is 58.9 Å². The van der Waals surface area contributed by atoms with Crippen LogP contribution in [0.25, 0.3) is 0 Å². The van der Waals surface area contributed by atoms with Crippen LogP contribution in [-0.4, -0.2) is 34.5 Å². The number of Topliss-reactive ketones (excluding diaryl/α,β-unsaturated/α-hetero) is 2. The van der Waals surface area contributed by atoms with E-state index in [9.17, 15) is 19.8 Å². The van der Waals surface area contributed by atoms with Crippen LogP contribution < -0.4 is 4.74 Å². The maximum absolute atomic E-state index is 13.2. The second-order valence-corrected chi connectivity index (χ2v) is 10.8. The zero-order valence-electron chi connectivity index (χ0n) is 19.4. The molecule has 0 spiro atoms. The lowest BCUT2D eigenvalue weighted by molar-refractivity contribution is -0.140. The van der Waals surface area contributed by atoms with Crippen molar-refractivity contribution in [2.24, 2.45) is 16.7 Å². The third-order valence-electron chi connectivity index (χ3n) is 6.46. The molecule has 0 radical (unpaired) electrons. The summed E-state index contributed by atoms with van der Waals surface area (Å²) in [6, 6.07) is 7.36. The number of ketones is 2. The van der Waals surface area contributed by atoms with Gasteiger partial charge in [-0.15, -0.1) is 0 Å². The molecule has 1 aromatic carbocycles. The van der Waals surface area contributed by atoms with Crippen molar-refractivity contribution in [1.82, 2.24) is 0 Å². The monoisotopic (exact) mass is 428 g/mol. The van der Waals surface area contributed by atoms with Crippen molar-refractivity contribution in [1.29, 1.82) is 0 Å². The Kier molecular flexibility index (Phi) is 6.66. The first-order valence-corrected chi connectivity index (χ1v) is 11.3. The molecule has 0 saturated heterocycles. The van der Waals surface area contributed by atoms with Crippen LogP contribution >= 0.6 is 0 Å². The van der Waals surface area contributed by atoms with Gasteiger partial charge in [0.1, 0.15) is 17.3 Å². The maximum Gasteiger partial charge on any atom is 0.144 e. The molecule has 2 aliphatic rings. The van der Waals surface area contributed by atoms with Crippen LogP contribution in [0.2, 0.25) is 0 Å². The van der Waals surface area contributed by atoms with Crippen LogP contribution in [0.5, 0.6) is 5.75 Å². The van der Waals surface area contributed by atoms with Gasteiger partial charge < -0.3 is 14.9 Å². The number of rotatable bonds is 6. The predicted octanol–water partition coefficient (Wildman–Crippen LogP) is 5.13. The summed E-state index contributed by atoms with van der Waals surface area (Å²) in [5, 5.41) is 22.0. The minimum Gasteiger partial charge on any atom is -0.512 e. The van der Waals surface area contributed by atoms with E-state index in [4.69, 9.17) is 4.74 Å². The van der Waals surface area contributed by atoms with Gasteiger partial charge in [-0.2, -0.15) is 0 Å². The summed E-state index contributed by atoms with van der Waals surface area (Å²) in [6.45, 7) is 10.5. The van der Waals surface area contributed by atoms with Gasteiger partial charge in [0.2, 0.25) is 0 Å². The quantitative estimate of drug-likeness (QED) is 0.614. The highest BCUT2D eigenvalue weighted by Gasteiger charge is 2.48. The van der Waals surface area contributed by atoms with Gasteiger partial charge in [-0.05, 0) is 41.4 Å². The fourth-order valence-electron chi connectivity index (χ4n) is 5.16. The first-order valence-electron chi connectivity index (χ1n) is 11.3. The lowest BCUT2D eigenvalue weighted by atomic mass is 9.62. The molecule has 31 heavy (non-hydrogen) atoms. The first-order chi connectivity index (χ1) is 14.4. The predicted molar refractivity (Wildman–Crippen MR) is 120 cm³/mol. The minimum atomic E-state index is -0.902. The van der Waals surface area contributed by atoms with E-state index >= 15 is 0 Å². The van der Waals surface area contributed by atoms with E-state index in [2.05, 4.69) is 0 Å². The topological polar surface area (TPSA) is 83.8 Å². The molecule has 0 aliphatic heterocycles. The summed E-state index contributed by atoms with van der Waals surface area (Å²) in [5.41, 5.74) is 0.553. The molecule has 0 amide bonds. The van der Waals surface area contributed by atoms with Gasteiger partial charge >= 0.3 is 0 Å². The van der Waals surface area contributed by atoms with Crippen molar-refractivity contribution < 1.29 is 24.5 Å². The van der Waals surface area contributed by atoms with E-state index in [-0.39, 0.29) is 28.2 Å². The number of benzene rings is 1. The number of hydrogen-bond acceptors (Lipinski definition) is 5. The second-order valence-electron chi connectivity index (χ2n) is 10.8. The fraction of sp³-hybridized carbons (Fsp3) is 0.615. The van der Waals surface area contributed by atoms with Crippen LogP contribution in [0.4, 0.5) is 0 Å². The van der Waals surface area contributed by atoms with Gasteiger partial charge in [-0.3, -0.25) is 9.59 Å². The molecule has 1 aromatic rings. The Morgan fingerprint density at radius 1 is 1.00 bits per heavy atom. The highest BCUT2D eigenvalue weighted by atomic mass is 16.5. The molecule has 5 nitrogen and oxygen atoms in total. The molecular formula is C26H36O5. The molecule has 2 aliphatic carbocycles. The van der Waals surface area contributed by atoms with E-state index in [0.29, 0.717) is 37.9 Å². The molecule has 2 atom stereocenters. The highest BCUT2D eigenvalue weighted by Crippen LogP contribution is 2.48. The summed E-state index contributed by atoms with van der Waals surface area (Å²) in [6.07, 6.45) is 1.50. The van der Waals surface area contributed by atoms with Crippen LogP contribution in [0, 0.1) is 16.7 Å². The zero-order chi connectivity index (χ0) is 23.0. The summed E-state index contributed by atoms with van der Waals surface area (Å²) in [7, 11) is 0. The van der Waals surface area contributed by atoms with Crippen molar-refractivity contribution in [3.8, 4) is 5.75 Å². The lowest BCUT2D eigenvalue weighted by Gasteiger charge is -2.41. The van der Waals surface area contributed by atoms with Crippen molar-refractivity contribution in [2.75, 3.05) is 6.61 Å². The third kappa shape index (κ3) is 5.20. The lowest BCUT2D eigenvalue weighted by Crippen LogP contribution is -2.43. The van der Waals surface area contributed by atoms with Gasteiger partial charge in [-0.25, -0.2) is 0 Å².